The Morgan fingerprint density at radius 2 is 1.44 bits per heavy atom. The Labute approximate surface area is 186 Å². The van der Waals surface area contributed by atoms with E-state index in [9.17, 15) is 17.6 Å². The summed E-state index contributed by atoms with van der Waals surface area (Å²) in [7, 11) is 0. The van der Waals surface area contributed by atoms with Crippen LogP contribution in [0.15, 0.2) is 42.5 Å². The minimum absolute atomic E-state index is 0.123. The zero-order valence-electron chi connectivity index (χ0n) is 17.2. The van der Waals surface area contributed by atoms with Crippen LogP contribution in [-0.2, 0) is 19.3 Å². The molecule has 0 atom stereocenters. The molecule has 0 spiro atoms. The molecule has 0 amide bonds. The van der Waals surface area contributed by atoms with E-state index < -0.39 is 29.1 Å². The summed E-state index contributed by atoms with van der Waals surface area (Å²) in [5.74, 6) is -5.12. The number of nitrogens with two attached hydrogens (primary N) is 1. The molecule has 1 aromatic heterocycles. The second-order valence-electron chi connectivity index (χ2n) is 7.73. The summed E-state index contributed by atoms with van der Waals surface area (Å²) in [4.78, 5) is 0.300. The second kappa shape index (κ2) is 8.90. The van der Waals surface area contributed by atoms with E-state index in [1.807, 2.05) is 13.0 Å². The number of halogens is 5. The van der Waals surface area contributed by atoms with Gasteiger partial charge in [-0.2, -0.15) is 0 Å². The van der Waals surface area contributed by atoms with Gasteiger partial charge in [0, 0.05) is 10.4 Å². The van der Waals surface area contributed by atoms with Crippen molar-refractivity contribution in [1.82, 2.24) is 0 Å². The predicted octanol–water partition coefficient (Wildman–Crippen LogP) is 7.58. The van der Waals surface area contributed by atoms with Crippen molar-refractivity contribution in [2.24, 2.45) is 0 Å². The summed E-state index contributed by atoms with van der Waals surface area (Å²) in [5.41, 5.74) is 8.39. The molecular weight excluding hydrogens is 441 g/mol. The Balaban J connectivity index is 1.61. The van der Waals surface area contributed by atoms with Gasteiger partial charge in [0.25, 0.3) is 0 Å². The van der Waals surface area contributed by atoms with Crippen LogP contribution in [0.5, 0.6) is 0 Å². The van der Waals surface area contributed by atoms with Gasteiger partial charge in [-0.25, -0.2) is 22.0 Å². The highest BCUT2D eigenvalue weighted by Crippen LogP contribution is 2.41. The van der Waals surface area contributed by atoms with Gasteiger partial charge in [0.05, 0.1) is 10.3 Å². The molecule has 4 aromatic rings. The molecule has 7 heteroatoms. The highest BCUT2D eigenvalue weighted by molar-refractivity contribution is 7.22. The van der Waals surface area contributed by atoms with E-state index in [0.717, 1.165) is 30.5 Å². The maximum Gasteiger partial charge on any atom is 0.194 e. The normalized spacial score (nSPS) is 11.4. The molecule has 0 unspecified atom stereocenters. The summed E-state index contributed by atoms with van der Waals surface area (Å²) >= 11 is 1.22. The zero-order valence-corrected chi connectivity index (χ0v) is 18.1. The second-order valence-corrected chi connectivity index (χ2v) is 8.79. The van der Waals surface area contributed by atoms with Crippen molar-refractivity contribution in [2.45, 2.75) is 32.6 Å². The Morgan fingerprint density at radius 1 is 0.750 bits per heavy atom. The lowest BCUT2D eigenvalue weighted by molar-refractivity contribution is 0.445. The third kappa shape index (κ3) is 4.21. The Hall–Kier alpha value is -2.93. The molecule has 4 rings (SSSR count). The molecule has 0 aliphatic heterocycles. The average Bonchev–Trinajstić information content (AvgIpc) is 3.08. The third-order valence-electron chi connectivity index (χ3n) is 5.40. The van der Waals surface area contributed by atoms with Crippen LogP contribution in [0.1, 0.15) is 30.0 Å². The molecule has 1 nitrogen and oxygen atoms in total. The van der Waals surface area contributed by atoms with Crippen LogP contribution in [0, 0.1) is 29.1 Å². The molecule has 32 heavy (non-hydrogen) atoms. The fraction of sp³-hybridized carbons (Fsp3) is 0.200. The molecule has 0 aliphatic carbocycles. The van der Waals surface area contributed by atoms with E-state index in [1.165, 1.54) is 23.5 Å². The molecule has 0 saturated heterocycles. The molecule has 0 aliphatic rings. The number of benzene rings is 3. The van der Waals surface area contributed by atoms with Crippen LogP contribution in [0.2, 0.25) is 0 Å². The van der Waals surface area contributed by atoms with E-state index in [1.54, 1.807) is 12.1 Å². The summed E-state index contributed by atoms with van der Waals surface area (Å²) in [6, 6.07) is 9.87. The van der Waals surface area contributed by atoms with Crippen molar-refractivity contribution in [3.05, 3.63) is 88.2 Å². The molecule has 166 valence electrons. The molecule has 0 fully saturated rings. The van der Waals surface area contributed by atoms with Crippen LogP contribution in [-0.4, -0.2) is 0 Å². The van der Waals surface area contributed by atoms with E-state index in [2.05, 4.69) is 0 Å². The highest BCUT2D eigenvalue weighted by atomic mass is 32.1. The first-order valence-corrected chi connectivity index (χ1v) is 11.0. The van der Waals surface area contributed by atoms with Crippen LogP contribution in [0.25, 0.3) is 20.5 Å². The third-order valence-corrected chi connectivity index (χ3v) is 6.56. The molecule has 1 heterocycles. The van der Waals surface area contributed by atoms with Gasteiger partial charge in [-0.05, 0) is 71.8 Å². The zero-order chi connectivity index (χ0) is 23.0. The monoisotopic (exact) mass is 461 g/mol. The average molecular weight is 461 g/mol. The summed E-state index contributed by atoms with van der Waals surface area (Å²) in [5, 5.41) is 0.342. The maximum atomic E-state index is 15.1. The lowest BCUT2D eigenvalue weighted by atomic mass is 10.0. The number of nitrogen functional groups attached to an aromatic ring is 1. The van der Waals surface area contributed by atoms with Crippen molar-refractivity contribution in [2.75, 3.05) is 5.73 Å². The smallest absolute Gasteiger partial charge is 0.194 e. The number of anilines is 1. The van der Waals surface area contributed by atoms with Crippen LogP contribution < -0.4 is 5.73 Å². The van der Waals surface area contributed by atoms with Gasteiger partial charge < -0.3 is 5.73 Å². The summed E-state index contributed by atoms with van der Waals surface area (Å²) in [6.45, 7) is 2.05. The minimum atomic E-state index is -1.53. The molecule has 0 radical (unpaired) electrons. The van der Waals surface area contributed by atoms with Gasteiger partial charge in [0.1, 0.15) is 5.82 Å². The Bertz CT molecular complexity index is 1290. The first kappa shape index (κ1) is 22.3. The van der Waals surface area contributed by atoms with Crippen LogP contribution in [0.4, 0.5) is 27.6 Å². The Kier molecular flexibility index (Phi) is 6.20. The number of hydrogen-bond acceptors (Lipinski definition) is 2. The standard InChI is InChI=1S/C25H20F5NS/c1-2-3-13-10-20(31)22-21(11-13)32-25(24(22)30)16-7-6-15(17(26)12-16)5-4-14-8-18(27)23(29)19(28)9-14/h6-12H,2-5,31H2,1H3. The van der Waals surface area contributed by atoms with Gasteiger partial charge >= 0.3 is 0 Å². The summed E-state index contributed by atoms with van der Waals surface area (Å²) in [6.07, 6.45) is 2.05. The van der Waals surface area contributed by atoms with E-state index in [0.29, 0.717) is 31.8 Å². The van der Waals surface area contributed by atoms with Gasteiger partial charge in [0.2, 0.25) is 0 Å². The van der Waals surface area contributed by atoms with Crippen molar-refractivity contribution in [3.63, 3.8) is 0 Å². The first-order chi connectivity index (χ1) is 15.3. The Morgan fingerprint density at radius 3 is 2.09 bits per heavy atom. The van der Waals surface area contributed by atoms with Crippen molar-refractivity contribution in [1.29, 1.82) is 0 Å². The number of thiophene rings is 1. The van der Waals surface area contributed by atoms with Crippen molar-refractivity contribution < 1.29 is 22.0 Å². The fourth-order valence-electron chi connectivity index (χ4n) is 3.82. The number of hydrogen-bond donors (Lipinski definition) is 1. The molecule has 0 bridgehead atoms. The lowest BCUT2D eigenvalue weighted by Gasteiger charge is -2.07. The largest absolute Gasteiger partial charge is 0.398 e. The van der Waals surface area contributed by atoms with Crippen LogP contribution >= 0.6 is 11.3 Å². The molecule has 2 N–H and O–H groups in total. The van der Waals surface area contributed by atoms with E-state index >= 15 is 4.39 Å². The SMILES string of the molecule is CCCc1cc(N)c2c(F)c(-c3ccc(CCc4cc(F)c(F)c(F)c4)c(F)c3)sc2c1. The van der Waals surface area contributed by atoms with Gasteiger partial charge in [-0.1, -0.05) is 25.5 Å². The van der Waals surface area contributed by atoms with Crippen molar-refractivity contribution >= 4 is 27.1 Å². The van der Waals surface area contributed by atoms with E-state index in [-0.39, 0.29) is 18.4 Å². The molecular formula is C25H20F5NS. The van der Waals surface area contributed by atoms with E-state index in [4.69, 9.17) is 5.73 Å². The quantitative estimate of drug-likeness (QED) is 0.179. The van der Waals surface area contributed by atoms with Gasteiger partial charge in [-0.3, -0.25) is 0 Å². The van der Waals surface area contributed by atoms with Gasteiger partial charge in [-0.15, -0.1) is 11.3 Å². The van der Waals surface area contributed by atoms with Crippen LogP contribution in [0.3, 0.4) is 0 Å². The number of fused-ring (bicyclic) bond motifs is 1. The fourth-order valence-corrected chi connectivity index (χ4v) is 5.00. The van der Waals surface area contributed by atoms with Crippen molar-refractivity contribution in [3.8, 4) is 10.4 Å². The van der Waals surface area contributed by atoms with Gasteiger partial charge in [0.15, 0.2) is 23.3 Å². The predicted molar refractivity (Wildman–Crippen MR) is 119 cm³/mol. The number of aryl methyl sites for hydroxylation is 3. The number of rotatable bonds is 6. The first-order valence-electron chi connectivity index (χ1n) is 10.2. The lowest BCUT2D eigenvalue weighted by Crippen LogP contribution is -1.99. The molecule has 3 aromatic carbocycles. The topological polar surface area (TPSA) is 26.0 Å². The summed E-state index contributed by atoms with van der Waals surface area (Å²) < 4.78 is 70.4. The highest BCUT2D eigenvalue weighted by Gasteiger charge is 2.18. The molecule has 0 saturated carbocycles. The maximum absolute atomic E-state index is 15.1. The minimum Gasteiger partial charge on any atom is -0.398 e.